The Hall–Kier alpha value is -3.35. The topological polar surface area (TPSA) is 97.0 Å². The smallest absolute Gasteiger partial charge is 0.261 e. The number of hydrogen-bond acceptors (Lipinski definition) is 5. The van der Waals surface area contributed by atoms with Crippen LogP contribution in [0.15, 0.2) is 53.5 Å². The Morgan fingerprint density at radius 1 is 1.19 bits per heavy atom. The molecule has 0 bridgehead atoms. The number of nitrogens with zero attached hydrogens (tertiary/aromatic N) is 2. The van der Waals surface area contributed by atoms with Crippen LogP contribution < -0.4 is 15.8 Å². The molecule has 168 valence electrons. The molecule has 7 heteroatoms. The first-order chi connectivity index (χ1) is 15.4. The molecule has 1 aliphatic heterocycles. The van der Waals surface area contributed by atoms with Crippen LogP contribution >= 0.6 is 0 Å². The molecule has 1 fully saturated rings. The predicted octanol–water partition coefficient (Wildman–Crippen LogP) is 3.44. The number of benzene rings is 2. The second kappa shape index (κ2) is 9.02. The van der Waals surface area contributed by atoms with Gasteiger partial charge in [0.05, 0.1) is 13.5 Å². The third-order valence-electron chi connectivity index (χ3n) is 6.55. The first-order valence-corrected chi connectivity index (χ1v) is 11.1. The summed E-state index contributed by atoms with van der Waals surface area (Å²) in [5.41, 5.74) is 7.35. The average molecular weight is 435 g/mol. The van der Waals surface area contributed by atoms with E-state index in [0.717, 1.165) is 36.8 Å². The van der Waals surface area contributed by atoms with E-state index in [1.165, 1.54) is 11.3 Å². The Morgan fingerprint density at radius 3 is 2.62 bits per heavy atom. The zero-order valence-electron chi connectivity index (χ0n) is 18.6. The number of methoxy groups -OCH3 is 1. The number of anilines is 1. The number of guanidine groups is 1. The molecule has 1 unspecified atom stereocenters. The SMILES string of the molecule is COc1cccc(CC(=O)Nc2cccc(C3(C4CCCCC4)N=C(N)N(C)C3=O)c2)c1. The van der Waals surface area contributed by atoms with Gasteiger partial charge in [0.2, 0.25) is 5.91 Å². The monoisotopic (exact) mass is 434 g/mol. The van der Waals surface area contributed by atoms with Crippen molar-refractivity contribution in [3.8, 4) is 5.75 Å². The minimum atomic E-state index is -1.02. The van der Waals surface area contributed by atoms with Gasteiger partial charge in [0.1, 0.15) is 5.75 Å². The van der Waals surface area contributed by atoms with Crippen molar-refractivity contribution in [2.24, 2.45) is 16.6 Å². The summed E-state index contributed by atoms with van der Waals surface area (Å²) in [7, 11) is 3.27. The molecule has 0 aromatic heterocycles. The van der Waals surface area contributed by atoms with Crippen LogP contribution in [0, 0.1) is 5.92 Å². The molecule has 2 amide bonds. The van der Waals surface area contributed by atoms with E-state index in [1.807, 2.05) is 48.5 Å². The van der Waals surface area contributed by atoms with Gasteiger partial charge in [0.25, 0.3) is 5.91 Å². The maximum atomic E-state index is 13.4. The van der Waals surface area contributed by atoms with Crippen molar-refractivity contribution in [2.45, 2.75) is 44.1 Å². The Kier molecular flexibility index (Phi) is 6.17. The van der Waals surface area contributed by atoms with Gasteiger partial charge in [0, 0.05) is 12.7 Å². The second-order valence-corrected chi connectivity index (χ2v) is 8.59. The number of likely N-dealkylation sites (N-methyl/N-ethyl adjacent to an activating group) is 1. The van der Waals surface area contributed by atoms with E-state index in [0.29, 0.717) is 11.4 Å². The minimum absolute atomic E-state index is 0.0926. The summed E-state index contributed by atoms with van der Waals surface area (Å²) >= 11 is 0. The van der Waals surface area contributed by atoms with Crippen molar-refractivity contribution in [1.29, 1.82) is 0 Å². The van der Waals surface area contributed by atoms with E-state index in [2.05, 4.69) is 5.32 Å². The van der Waals surface area contributed by atoms with Crippen LogP contribution in [0.5, 0.6) is 5.75 Å². The molecule has 7 nitrogen and oxygen atoms in total. The lowest BCUT2D eigenvalue weighted by molar-refractivity contribution is -0.133. The highest BCUT2D eigenvalue weighted by molar-refractivity contribution is 6.07. The molecule has 1 saturated carbocycles. The van der Waals surface area contributed by atoms with E-state index in [4.69, 9.17) is 15.5 Å². The minimum Gasteiger partial charge on any atom is -0.497 e. The predicted molar refractivity (Wildman–Crippen MR) is 124 cm³/mol. The summed E-state index contributed by atoms with van der Waals surface area (Å²) in [6.45, 7) is 0. The molecule has 2 aliphatic rings. The van der Waals surface area contributed by atoms with E-state index in [-0.39, 0.29) is 30.1 Å². The number of aliphatic imine (C=N–C) groups is 1. The summed E-state index contributed by atoms with van der Waals surface area (Å²) < 4.78 is 5.23. The number of rotatable bonds is 6. The number of carbonyl (C=O) groups is 2. The first-order valence-electron chi connectivity index (χ1n) is 11.1. The maximum absolute atomic E-state index is 13.4. The van der Waals surface area contributed by atoms with Gasteiger partial charge in [-0.2, -0.15) is 0 Å². The van der Waals surface area contributed by atoms with Gasteiger partial charge < -0.3 is 15.8 Å². The molecule has 32 heavy (non-hydrogen) atoms. The molecule has 1 aliphatic carbocycles. The van der Waals surface area contributed by atoms with Crippen LogP contribution in [0.3, 0.4) is 0 Å². The number of ether oxygens (including phenoxy) is 1. The van der Waals surface area contributed by atoms with Crippen molar-refractivity contribution >= 4 is 23.5 Å². The molecule has 1 heterocycles. The summed E-state index contributed by atoms with van der Waals surface area (Å²) in [6, 6.07) is 14.9. The molecule has 2 aromatic carbocycles. The Bertz CT molecular complexity index is 1040. The normalized spacial score (nSPS) is 21.4. The lowest BCUT2D eigenvalue weighted by Gasteiger charge is -2.36. The van der Waals surface area contributed by atoms with Gasteiger partial charge in [-0.3, -0.25) is 14.5 Å². The Balaban J connectivity index is 1.60. The zero-order valence-corrected chi connectivity index (χ0v) is 18.6. The Labute approximate surface area is 188 Å². The maximum Gasteiger partial charge on any atom is 0.261 e. The number of hydrogen-bond donors (Lipinski definition) is 2. The molecule has 0 radical (unpaired) electrons. The molecule has 0 saturated heterocycles. The third-order valence-corrected chi connectivity index (χ3v) is 6.55. The molecular formula is C25H30N4O3. The van der Waals surface area contributed by atoms with Gasteiger partial charge in [-0.1, -0.05) is 43.5 Å². The van der Waals surface area contributed by atoms with Crippen molar-refractivity contribution in [2.75, 3.05) is 19.5 Å². The fraction of sp³-hybridized carbons (Fsp3) is 0.400. The lowest BCUT2D eigenvalue weighted by atomic mass is 9.71. The third kappa shape index (κ3) is 4.07. The summed E-state index contributed by atoms with van der Waals surface area (Å²) in [4.78, 5) is 32.3. The summed E-state index contributed by atoms with van der Waals surface area (Å²) in [5.74, 6) is 0.816. The van der Waals surface area contributed by atoms with E-state index in [9.17, 15) is 9.59 Å². The molecular weight excluding hydrogens is 404 g/mol. The van der Waals surface area contributed by atoms with Crippen LogP contribution in [-0.4, -0.2) is 36.8 Å². The highest BCUT2D eigenvalue weighted by atomic mass is 16.5. The summed E-state index contributed by atoms with van der Waals surface area (Å²) in [5, 5.41) is 2.96. The van der Waals surface area contributed by atoms with Gasteiger partial charge in [-0.25, -0.2) is 4.99 Å². The van der Waals surface area contributed by atoms with Crippen molar-refractivity contribution < 1.29 is 14.3 Å². The van der Waals surface area contributed by atoms with Gasteiger partial charge >= 0.3 is 0 Å². The van der Waals surface area contributed by atoms with Gasteiger partial charge in [-0.15, -0.1) is 0 Å². The number of nitrogens with two attached hydrogens (primary N) is 1. The fourth-order valence-electron chi connectivity index (χ4n) is 4.88. The van der Waals surface area contributed by atoms with Crippen LogP contribution in [0.2, 0.25) is 0 Å². The first kappa shape index (κ1) is 21.9. The highest BCUT2D eigenvalue weighted by Gasteiger charge is 2.53. The average Bonchev–Trinajstić information content (AvgIpc) is 3.04. The van der Waals surface area contributed by atoms with Crippen molar-refractivity contribution in [3.63, 3.8) is 0 Å². The molecule has 4 rings (SSSR count). The molecule has 3 N–H and O–H groups in total. The highest BCUT2D eigenvalue weighted by Crippen LogP contribution is 2.46. The van der Waals surface area contributed by atoms with E-state index >= 15 is 0 Å². The largest absolute Gasteiger partial charge is 0.497 e. The fourth-order valence-corrected chi connectivity index (χ4v) is 4.88. The standard InChI is InChI=1S/C25H30N4O3/c1-29-23(31)25(28-24(29)26,18-9-4-3-5-10-18)19-11-7-12-20(16-19)27-22(30)15-17-8-6-13-21(14-17)32-2/h6-8,11-14,16,18H,3-5,9-10,15H2,1-2H3,(H2,26,28)(H,27,30). The number of amides is 2. The number of nitrogens with one attached hydrogen (secondary N) is 1. The molecule has 1 atom stereocenters. The van der Waals surface area contributed by atoms with Crippen LogP contribution in [0.1, 0.15) is 43.2 Å². The van der Waals surface area contributed by atoms with Crippen LogP contribution in [0.25, 0.3) is 0 Å². The molecule has 0 spiro atoms. The lowest BCUT2D eigenvalue weighted by Crippen LogP contribution is -2.45. The molecule has 2 aromatic rings. The van der Waals surface area contributed by atoms with E-state index in [1.54, 1.807) is 14.2 Å². The van der Waals surface area contributed by atoms with Gasteiger partial charge in [0.15, 0.2) is 11.5 Å². The quantitative estimate of drug-likeness (QED) is 0.728. The van der Waals surface area contributed by atoms with Crippen LogP contribution in [0.4, 0.5) is 5.69 Å². The Morgan fingerprint density at radius 2 is 1.94 bits per heavy atom. The summed E-state index contributed by atoms with van der Waals surface area (Å²) in [6.07, 6.45) is 5.43. The number of carbonyl (C=O) groups excluding carboxylic acids is 2. The van der Waals surface area contributed by atoms with Crippen LogP contribution in [-0.2, 0) is 21.5 Å². The van der Waals surface area contributed by atoms with Crippen molar-refractivity contribution in [3.05, 3.63) is 59.7 Å². The second-order valence-electron chi connectivity index (χ2n) is 8.59. The van der Waals surface area contributed by atoms with Gasteiger partial charge in [-0.05, 0) is 54.2 Å². The van der Waals surface area contributed by atoms with Crippen molar-refractivity contribution in [1.82, 2.24) is 4.90 Å². The van der Waals surface area contributed by atoms with E-state index < -0.39 is 5.54 Å². The zero-order chi connectivity index (χ0) is 22.7.